The lowest BCUT2D eigenvalue weighted by Gasteiger charge is -2.21. The zero-order valence-electron chi connectivity index (χ0n) is 13.1. The number of nitrogens with one attached hydrogen (secondary N) is 2. The van der Waals surface area contributed by atoms with Gasteiger partial charge in [0.2, 0.25) is 5.95 Å². The molecule has 0 saturated heterocycles. The Morgan fingerprint density at radius 3 is 2.76 bits per heavy atom. The first-order valence-corrected chi connectivity index (χ1v) is 8.08. The number of aromatic nitrogens is 2. The highest BCUT2D eigenvalue weighted by atomic mass is 32.1. The van der Waals surface area contributed by atoms with Crippen LogP contribution in [-0.4, -0.2) is 41.0 Å². The molecule has 2 heterocycles. The van der Waals surface area contributed by atoms with Crippen LogP contribution in [0.15, 0.2) is 6.07 Å². The van der Waals surface area contributed by atoms with Crippen molar-refractivity contribution in [3.63, 3.8) is 0 Å². The summed E-state index contributed by atoms with van der Waals surface area (Å²) in [6.45, 7) is 8.31. The molecule has 0 radical (unpaired) electrons. The number of hydrogen-bond acceptors (Lipinski definition) is 7. The molecule has 2 aromatic rings. The lowest BCUT2D eigenvalue weighted by atomic mass is 10.3. The van der Waals surface area contributed by atoms with Crippen LogP contribution in [-0.2, 0) is 6.42 Å². The minimum atomic E-state index is 0.451. The summed E-state index contributed by atoms with van der Waals surface area (Å²) in [4.78, 5) is 13.4. The van der Waals surface area contributed by atoms with Crippen LogP contribution in [0.3, 0.4) is 0 Å². The fourth-order valence-corrected chi connectivity index (χ4v) is 2.92. The number of likely N-dealkylation sites (N-methyl/N-ethyl adjacent to an activating group) is 1. The topological polar surface area (TPSA) is 79.1 Å². The van der Waals surface area contributed by atoms with Gasteiger partial charge >= 0.3 is 0 Å². The third-order valence-electron chi connectivity index (χ3n) is 3.56. The molecule has 0 unspecified atom stereocenters. The van der Waals surface area contributed by atoms with E-state index in [4.69, 9.17) is 5.84 Å². The lowest BCUT2D eigenvalue weighted by molar-refractivity contribution is 0.284. The number of nitrogen functional groups attached to an aromatic ring is 1. The third-order valence-corrected chi connectivity index (χ3v) is 4.73. The average Bonchev–Trinajstić information content (AvgIpc) is 2.89. The van der Waals surface area contributed by atoms with E-state index in [-0.39, 0.29) is 0 Å². The SMILES string of the molecule is CCc1cc2c(NCCN(C)C(C)C)nc(NN)nc2s1. The Balaban J connectivity index is 2.18. The highest BCUT2D eigenvalue weighted by Crippen LogP contribution is 2.30. The van der Waals surface area contributed by atoms with Gasteiger partial charge < -0.3 is 10.2 Å². The van der Waals surface area contributed by atoms with E-state index in [1.807, 2.05) is 0 Å². The Morgan fingerprint density at radius 2 is 2.14 bits per heavy atom. The van der Waals surface area contributed by atoms with Gasteiger partial charge in [0.05, 0.1) is 5.39 Å². The van der Waals surface area contributed by atoms with Crippen molar-refractivity contribution in [3.05, 3.63) is 10.9 Å². The van der Waals surface area contributed by atoms with E-state index in [2.05, 4.69) is 59.5 Å². The largest absolute Gasteiger partial charge is 0.368 e. The molecule has 2 aromatic heterocycles. The van der Waals surface area contributed by atoms with Gasteiger partial charge in [-0.1, -0.05) is 6.92 Å². The Kier molecular flexibility index (Phi) is 5.33. The van der Waals surface area contributed by atoms with Crippen LogP contribution in [0.4, 0.5) is 11.8 Å². The van der Waals surface area contributed by atoms with E-state index < -0.39 is 0 Å². The number of thiophene rings is 1. The van der Waals surface area contributed by atoms with Crippen molar-refractivity contribution >= 4 is 33.3 Å². The van der Waals surface area contributed by atoms with Crippen molar-refractivity contribution in [2.45, 2.75) is 33.2 Å². The normalized spacial score (nSPS) is 11.6. The molecule has 0 aromatic carbocycles. The van der Waals surface area contributed by atoms with Gasteiger partial charge in [-0.05, 0) is 33.4 Å². The third kappa shape index (κ3) is 3.81. The maximum atomic E-state index is 5.46. The molecule has 0 aliphatic rings. The maximum absolute atomic E-state index is 5.46. The molecule has 6 nitrogen and oxygen atoms in total. The minimum Gasteiger partial charge on any atom is -0.368 e. The quantitative estimate of drug-likeness (QED) is 0.538. The molecule has 0 saturated carbocycles. The second-order valence-electron chi connectivity index (χ2n) is 5.33. The van der Waals surface area contributed by atoms with Crippen LogP contribution >= 0.6 is 11.3 Å². The van der Waals surface area contributed by atoms with Gasteiger partial charge in [-0.15, -0.1) is 11.3 Å². The number of hydrogen-bond donors (Lipinski definition) is 3. The molecule has 116 valence electrons. The molecule has 21 heavy (non-hydrogen) atoms. The average molecular weight is 308 g/mol. The van der Waals surface area contributed by atoms with Gasteiger partial charge in [-0.2, -0.15) is 4.98 Å². The predicted molar refractivity (Wildman–Crippen MR) is 90.9 cm³/mol. The summed E-state index contributed by atoms with van der Waals surface area (Å²) in [5.74, 6) is 6.76. The van der Waals surface area contributed by atoms with Crippen molar-refractivity contribution in [2.75, 3.05) is 30.9 Å². The number of nitrogens with two attached hydrogens (primary N) is 1. The van der Waals surface area contributed by atoms with E-state index in [0.717, 1.165) is 35.5 Å². The molecular formula is C14H24N6S. The lowest BCUT2D eigenvalue weighted by Crippen LogP contribution is -2.31. The molecule has 0 fully saturated rings. The molecule has 0 atom stereocenters. The Bertz CT molecular complexity index is 594. The van der Waals surface area contributed by atoms with Gasteiger partial charge in [-0.3, -0.25) is 5.43 Å². The molecule has 0 amide bonds. The first-order chi connectivity index (χ1) is 10.0. The summed E-state index contributed by atoms with van der Waals surface area (Å²) < 4.78 is 0. The number of fused-ring (bicyclic) bond motifs is 1. The van der Waals surface area contributed by atoms with Gasteiger partial charge in [0, 0.05) is 24.0 Å². The van der Waals surface area contributed by atoms with Crippen molar-refractivity contribution in [2.24, 2.45) is 5.84 Å². The smallest absolute Gasteiger partial charge is 0.240 e. The van der Waals surface area contributed by atoms with Gasteiger partial charge in [0.25, 0.3) is 0 Å². The molecular weight excluding hydrogens is 284 g/mol. The van der Waals surface area contributed by atoms with E-state index in [1.54, 1.807) is 11.3 Å². The summed E-state index contributed by atoms with van der Waals surface area (Å²) in [5, 5.41) is 4.48. The fourth-order valence-electron chi connectivity index (χ4n) is 1.95. The van der Waals surface area contributed by atoms with Crippen LogP contribution in [0.1, 0.15) is 25.6 Å². The number of hydrazine groups is 1. The Labute approximate surface area is 129 Å². The number of aryl methyl sites for hydroxylation is 1. The van der Waals surface area contributed by atoms with E-state index in [0.29, 0.717) is 12.0 Å². The predicted octanol–water partition coefficient (Wildman–Crippen LogP) is 2.29. The summed E-state index contributed by atoms with van der Waals surface area (Å²) >= 11 is 1.69. The molecule has 2 rings (SSSR count). The van der Waals surface area contributed by atoms with Crippen LogP contribution in [0.2, 0.25) is 0 Å². The standard InChI is InChI=1S/C14H24N6S/c1-5-10-8-11-12(16-6-7-20(4)9(2)3)17-14(19-15)18-13(11)21-10/h8-9H,5-7,15H2,1-4H3,(H2,16,17,18,19). The van der Waals surface area contributed by atoms with E-state index in [1.165, 1.54) is 4.88 Å². The van der Waals surface area contributed by atoms with Gasteiger partial charge in [0.1, 0.15) is 10.6 Å². The van der Waals surface area contributed by atoms with E-state index >= 15 is 0 Å². The second-order valence-corrected chi connectivity index (χ2v) is 6.44. The van der Waals surface area contributed by atoms with Crippen LogP contribution in [0.5, 0.6) is 0 Å². The monoisotopic (exact) mass is 308 g/mol. The summed E-state index contributed by atoms with van der Waals surface area (Å²) in [6, 6.07) is 2.70. The summed E-state index contributed by atoms with van der Waals surface area (Å²) in [7, 11) is 2.12. The second kappa shape index (κ2) is 7.02. The Hall–Kier alpha value is -1.44. The van der Waals surface area contributed by atoms with Crippen molar-refractivity contribution < 1.29 is 0 Å². The zero-order valence-corrected chi connectivity index (χ0v) is 13.9. The number of rotatable bonds is 7. The molecule has 0 aliphatic carbocycles. The number of nitrogens with zero attached hydrogens (tertiary/aromatic N) is 3. The molecule has 4 N–H and O–H groups in total. The first kappa shape index (κ1) is 15.9. The molecule has 0 bridgehead atoms. The minimum absolute atomic E-state index is 0.451. The van der Waals surface area contributed by atoms with Crippen molar-refractivity contribution in [1.82, 2.24) is 14.9 Å². The summed E-state index contributed by atoms with van der Waals surface area (Å²) in [6.07, 6.45) is 1.00. The number of anilines is 2. The fraction of sp³-hybridized carbons (Fsp3) is 0.571. The van der Waals surface area contributed by atoms with Gasteiger partial charge in [-0.25, -0.2) is 10.8 Å². The summed E-state index contributed by atoms with van der Waals surface area (Å²) in [5.41, 5.74) is 2.54. The zero-order chi connectivity index (χ0) is 15.4. The Morgan fingerprint density at radius 1 is 1.38 bits per heavy atom. The first-order valence-electron chi connectivity index (χ1n) is 7.26. The molecule has 0 aliphatic heterocycles. The maximum Gasteiger partial charge on any atom is 0.240 e. The van der Waals surface area contributed by atoms with Crippen LogP contribution in [0.25, 0.3) is 10.2 Å². The van der Waals surface area contributed by atoms with Crippen LogP contribution in [0, 0.1) is 0 Å². The highest BCUT2D eigenvalue weighted by Gasteiger charge is 2.11. The van der Waals surface area contributed by atoms with Crippen LogP contribution < -0.4 is 16.6 Å². The molecule has 0 spiro atoms. The molecule has 7 heteroatoms. The van der Waals surface area contributed by atoms with Crippen molar-refractivity contribution in [3.8, 4) is 0 Å². The van der Waals surface area contributed by atoms with Gasteiger partial charge in [0.15, 0.2) is 0 Å². The highest BCUT2D eigenvalue weighted by molar-refractivity contribution is 7.18. The van der Waals surface area contributed by atoms with Crippen molar-refractivity contribution in [1.29, 1.82) is 0 Å². The van der Waals surface area contributed by atoms with E-state index in [9.17, 15) is 0 Å².